The van der Waals surface area contributed by atoms with Crippen molar-refractivity contribution in [2.75, 3.05) is 20.2 Å². The van der Waals surface area contributed by atoms with E-state index in [9.17, 15) is 14.0 Å². The number of hydrogen-bond donors (Lipinski definition) is 1. The van der Waals surface area contributed by atoms with Gasteiger partial charge in [0.25, 0.3) is 0 Å². The second-order valence-electron chi connectivity index (χ2n) is 5.28. The minimum atomic E-state index is -2.32. The molecule has 5 nitrogen and oxygen atoms in total. The molecule has 2 unspecified atom stereocenters. The van der Waals surface area contributed by atoms with Crippen LogP contribution in [0.2, 0.25) is 0 Å². The zero-order valence-corrected chi connectivity index (χ0v) is 12.0. The summed E-state index contributed by atoms with van der Waals surface area (Å²) in [5, 5.41) is 8.86. The average Bonchev–Trinajstić information content (AvgIpc) is 2.90. The number of carbonyl (C=O) groups is 2. The second-order valence-corrected chi connectivity index (χ2v) is 5.28. The highest BCUT2D eigenvalue weighted by atomic mass is 19.1. The van der Waals surface area contributed by atoms with E-state index in [1.165, 1.54) is 4.90 Å². The second kappa shape index (κ2) is 5.71. The summed E-state index contributed by atoms with van der Waals surface area (Å²) in [7, 11) is 1.56. The zero-order chi connectivity index (χ0) is 15.6. The van der Waals surface area contributed by atoms with Crippen molar-refractivity contribution < 1.29 is 23.8 Å². The van der Waals surface area contributed by atoms with Crippen LogP contribution in [0.15, 0.2) is 24.3 Å². The van der Waals surface area contributed by atoms with Crippen molar-refractivity contribution in [3.8, 4) is 5.75 Å². The van der Waals surface area contributed by atoms with Crippen LogP contribution in [0.25, 0.3) is 0 Å². The van der Waals surface area contributed by atoms with E-state index in [1.54, 1.807) is 38.3 Å². The third-order valence-corrected chi connectivity index (χ3v) is 3.90. The molecule has 114 valence electrons. The third kappa shape index (κ3) is 2.99. The summed E-state index contributed by atoms with van der Waals surface area (Å²) >= 11 is 0. The number of rotatable bonds is 4. The average molecular weight is 295 g/mol. The van der Waals surface area contributed by atoms with Crippen LogP contribution < -0.4 is 4.74 Å². The Labute approximate surface area is 122 Å². The standard InChI is InChI=1S/C15H18FNO4/c1-10(11-3-5-12(21-2)6-4-11)13(18)17-8-7-15(16,9-17)14(19)20/h3-6,10H,7-9H2,1-2H3,(H,19,20). The molecule has 1 aliphatic heterocycles. The Hall–Kier alpha value is -2.11. The predicted molar refractivity (Wildman–Crippen MR) is 74.1 cm³/mol. The van der Waals surface area contributed by atoms with E-state index in [-0.39, 0.29) is 25.4 Å². The van der Waals surface area contributed by atoms with Crippen LogP contribution in [0.1, 0.15) is 24.8 Å². The highest BCUT2D eigenvalue weighted by Crippen LogP contribution is 2.29. The molecule has 0 aliphatic carbocycles. The van der Waals surface area contributed by atoms with E-state index in [2.05, 4.69) is 0 Å². The molecule has 2 atom stereocenters. The molecule has 1 aliphatic rings. The van der Waals surface area contributed by atoms with Gasteiger partial charge in [-0.25, -0.2) is 9.18 Å². The number of aliphatic carboxylic acids is 1. The first kappa shape index (κ1) is 15.3. The van der Waals surface area contributed by atoms with E-state index >= 15 is 0 Å². The zero-order valence-electron chi connectivity index (χ0n) is 12.0. The SMILES string of the molecule is COc1ccc(C(C)C(=O)N2CCC(F)(C(=O)O)C2)cc1. The number of ether oxygens (including phenoxy) is 1. The molecule has 0 saturated carbocycles. The van der Waals surface area contributed by atoms with Crippen LogP contribution in [0.3, 0.4) is 0 Å². The lowest BCUT2D eigenvalue weighted by Gasteiger charge is -2.22. The fourth-order valence-corrected chi connectivity index (χ4v) is 2.44. The van der Waals surface area contributed by atoms with Crippen molar-refractivity contribution in [3.63, 3.8) is 0 Å². The highest BCUT2D eigenvalue weighted by molar-refractivity contribution is 5.86. The number of carbonyl (C=O) groups excluding carboxylic acids is 1. The van der Waals surface area contributed by atoms with Crippen LogP contribution >= 0.6 is 0 Å². The van der Waals surface area contributed by atoms with Crippen LogP contribution in [0.5, 0.6) is 5.75 Å². The molecule has 1 fully saturated rings. The Morgan fingerprint density at radius 1 is 1.38 bits per heavy atom. The molecule has 1 heterocycles. The number of methoxy groups -OCH3 is 1. The van der Waals surface area contributed by atoms with E-state index in [4.69, 9.17) is 9.84 Å². The van der Waals surface area contributed by atoms with Gasteiger partial charge in [-0.2, -0.15) is 0 Å². The summed E-state index contributed by atoms with van der Waals surface area (Å²) in [6.07, 6.45) is -0.163. The molecule has 1 saturated heterocycles. The van der Waals surface area contributed by atoms with Crippen LogP contribution in [0.4, 0.5) is 4.39 Å². The van der Waals surface area contributed by atoms with Gasteiger partial charge >= 0.3 is 5.97 Å². The highest BCUT2D eigenvalue weighted by Gasteiger charge is 2.47. The topological polar surface area (TPSA) is 66.8 Å². The number of amides is 1. The minimum absolute atomic E-state index is 0.127. The van der Waals surface area contributed by atoms with Crippen molar-refractivity contribution in [2.24, 2.45) is 0 Å². The minimum Gasteiger partial charge on any atom is -0.497 e. The smallest absolute Gasteiger partial charge is 0.343 e. The number of benzene rings is 1. The normalized spacial score (nSPS) is 22.9. The first-order valence-corrected chi connectivity index (χ1v) is 6.72. The van der Waals surface area contributed by atoms with Crippen molar-refractivity contribution in [2.45, 2.75) is 24.9 Å². The summed E-state index contributed by atoms with van der Waals surface area (Å²) in [6, 6.07) is 7.05. The Morgan fingerprint density at radius 3 is 2.48 bits per heavy atom. The molecule has 0 aromatic heterocycles. The summed E-state index contributed by atoms with van der Waals surface area (Å²) < 4.78 is 19.1. The Bertz CT molecular complexity index is 545. The van der Waals surface area contributed by atoms with Gasteiger partial charge in [-0.3, -0.25) is 4.79 Å². The van der Waals surface area contributed by atoms with Crippen LogP contribution in [-0.4, -0.2) is 47.8 Å². The number of hydrogen-bond acceptors (Lipinski definition) is 3. The fraction of sp³-hybridized carbons (Fsp3) is 0.467. The van der Waals surface area contributed by atoms with Gasteiger partial charge in [0, 0.05) is 13.0 Å². The Balaban J connectivity index is 2.07. The molecule has 0 spiro atoms. The Morgan fingerprint density at radius 2 is 2.00 bits per heavy atom. The molecule has 6 heteroatoms. The molecule has 1 aromatic carbocycles. The molecule has 1 amide bonds. The molecule has 2 rings (SSSR count). The van der Waals surface area contributed by atoms with Crippen molar-refractivity contribution >= 4 is 11.9 Å². The molecule has 21 heavy (non-hydrogen) atoms. The van der Waals surface area contributed by atoms with Crippen molar-refractivity contribution in [3.05, 3.63) is 29.8 Å². The van der Waals surface area contributed by atoms with Crippen molar-refractivity contribution in [1.29, 1.82) is 0 Å². The summed E-state index contributed by atoms with van der Waals surface area (Å²) in [4.78, 5) is 24.5. The largest absolute Gasteiger partial charge is 0.497 e. The first-order chi connectivity index (χ1) is 9.87. The maximum atomic E-state index is 14.0. The number of alkyl halides is 1. The van der Waals surface area contributed by atoms with Gasteiger partial charge in [0.15, 0.2) is 0 Å². The molecule has 0 radical (unpaired) electrons. The van der Waals surface area contributed by atoms with E-state index in [0.29, 0.717) is 5.75 Å². The predicted octanol–water partition coefficient (Wildman–Crippen LogP) is 1.82. The van der Waals surface area contributed by atoms with Gasteiger partial charge in [-0.05, 0) is 24.6 Å². The monoisotopic (exact) mass is 295 g/mol. The number of halogens is 1. The van der Waals surface area contributed by atoms with E-state index in [0.717, 1.165) is 5.56 Å². The summed E-state index contributed by atoms with van der Waals surface area (Å²) in [5.41, 5.74) is -1.54. The number of nitrogens with zero attached hydrogens (tertiary/aromatic N) is 1. The number of carboxylic acids is 1. The van der Waals surface area contributed by atoms with Gasteiger partial charge in [0.1, 0.15) is 5.75 Å². The lowest BCUT2D eigenvalue weighted by atomic mass is 9.99. The number of likely N-dealkylation sites (tertiary alicyclic amines) is 1. The molecule has 1 N–H and O–H groups in total. The van der Waals surface area contributed by atoms with Gasteiger partial charge in [-0.15, -0.1) is 0 Å². The van der Waals surface area contributed by atoms with Crippen molar-refractivity contribution in [1.82, 2.24) is 4.90 Å². The lowest BCUT2D eigenvalue weighted by molar-refractivity contribution is -0.150. The summed E-state index contributed by atoms with van der Waals surface area (Å²) in [6.45, 7) is 1.47. The van der Waals surface area contributed by atoms with Gasteiger partial charge in [-0.1, -0.05) is 12.1 Å². The lowest BCUT2D eigenvalue weighted by Crippen LogP contribution is -2.40. The maximum Gasteiger partial charge on any atom is 0.343 e. The summed E-state index contributed by atoms with van der Waals surface area (Å²) in [5.74, 6) is -1.53. The molecular formula is C15H18FNO4. The molecular weight excluding hydrogens is 277 g/mol. The van der Waals surface area contributed by atoms with E-state index < -0.39 is 17.6 Å². The van der Waals surface area contributed by atoms with Crippen LogP contribution in [0, 0.1) is 0 Å². The molecule has 0 bridgehead atoms. The number of carboxylic acid groups (broad SMARTS) is 1. The molecule has 1 aromatic rings. The van der Waals surface area contributed by atoms with Gasteiger partial charge in [0.05, 0.1) is 19.6 Å². The van der Waals surface area contributed by atoms with Gasteiger partial charge in [0.2, 0.25) is 11.6 Å². The Kier molecular flexibility index (Phi) is 4.16. The third-order valence-electron chi connectivity index (χ3n) is 3.90. The van der Waals surface area contributed by atoms with E-state index in [1.807, 2.05) is 0 Å². The van der Waals surface area contributed by atoms with Crippen LogP contribution in [-0.2, 0) is 9.59 Å². The quantitative estimate of drug-likeness (QED) is 0.920. The first-order valence-electron chi connectivity index (χ1n) is 6.72. The van der Waals surface area contributed by atoms with Gasteiger partial charge < -0.3 is 14.7 Å². The fourth-order valence-electron chi connectivity index (χ4n) is 2.44. The maximum absolute atomic E-state index is 14.0.